The molecule has 5 nitrogen and oxygen atoms in total. The molecule has 0 unspecified atom stereocenters. The minimum atomic E-state index is 0.701. The van der Waals surface area contributed by atoms with Crippen LogP contribution in [0.3, 0.4) is 0 Å². The average molecular weight is 358 g/mol. The number of aryl methyl sites for hydroxylation is 2. The summed E-state index contributed by atoms with van der Waals surface area (Å²) < 4.78 is 2.93. The first-order valence-electron chi connectivity index (χ1n) is 7.59. The van der Waals surface area contributed by atoms with Gasteiger partial charge in [-0.1, -0.05) is 41.3 Å². The Morgan fingerprint density at radius 2 is 2.04 bits per heavy atom. The highest BCUT2D eigenvalue weighted by atomic mass is 32.2. The normalized spacial score (nSPS) is 10.8. The molecule has 0 amide bonds. The van der Waals surface area contributed by atoms with E-state index < -0.39 is 0 Å². The second-order valence-electron chi connectivity index (χ2n) is 5.34. The second kappa shape index (κ2) is 7.63. The Labute approximate surface area is 149 Å². The van der Waals surface area contributed by atoms with Crippen LogP contribution in [0.2, 0.25) is 0 Å². The number of nitrogens with zero attached hydrogens (tertiary/aromatic N) is 4. The van der Waals surface area contributed by atoms with Crippen LogP contribution in [-0.4, -0.2) is 26.5 Å². The zero-order chi connectivity index (χ0) is 16.9. The maximum Gasteiger partial charge on any atom is 0.206 e. The van der Waals surface area contributed by atoms with E-state index in [-0.39, 0.29) is 0 Å². The van der Waals surface area contributed by atoms with E-state index in [2.05, 4.69) is 64.4 Å². The van der Waals surface area contributed by atoms with Crippen LogP contribution in [0.1, 0.15) is 17.0 Å². The van der Waals surface area contributed by atoms with Gasteiger partial charge in [-0.15, -0.1) is 16.8 Å². The van der Waals surface area contributed by atoms with Crippen LogP contribution < -0.4 is 5.32 Å². The minimum Gasteiger partial charge on any atom is -0.357 e. The second-order valence-corrected chi connectivity index (χ2v) is 7.54. The van der Waals surface area contributed by atoms with E-state index in [1.165, 1.54) is 5.56 Å². The first-order chi connectivity index (χ1) is 11.7. The van der Waals surface area contributed by atoms with E-state index in [4.69, 9.17) is 0 Å². The largest absolute Gasteiger partial charge is 0.357 e. The summed E-state index contributed by atoms with van der Waals surface area (Å²) in [7, 11) is 0. The molecule has 124 valence electrons. The summed E-state index contributed by atoms with van der Waals surface area (Å²) in [5.74, 6) is 0.869. The van der Waals surface area contributed by atoms with E-state index >= 15 is 0 Å². The SMILES string of the molecule is C=CCNc1nnc(SCc2ccc(-n3nc(C)cc3C)cc2)s1. The zero-order valence-corrected chi connectivity index (χ0v) is 15.3. The molecule has 7 heteroatoms. The molecule has 2 aromatic heterocycles. The fourth-order valence-electron chi connectivity index (χ4n) is 2.27. The Bertz CT molecular complexity index is 820. The smallest absolute Gasteiger partial charge is 0.206 e. The third-order valence-electron chi connectivity index (χ3n) is 3.36. The summed E-state index contributed by atoms with van der Waals surface area (Å²) in [5.41, 5.74) is 4.51. The lowest BCUT2D eigenvalue weighted by Gasteiger charge is -2.05. The fourth-order valence-corrected chi connectivity index (χ4v) is 3.98. The van der Waals surface area contributed by atoms with Crippen molar-refractivity contribution < 1.29 is 0 Å². The summed E-state index contributed by atoms with van der Waals surface area (Å²) >= 11 is 3.26. The van der Waals surface area contributed by atoms with E-state index in [1.807, 2.05) is 11.6 Å². The van der Waals surface area contributed by atoms with Crippen LogP contribution in [0.25, 0.3) is 5.69 Å². The molecule has 3 rings (SSSR count). The first kappa shape index (κ1) is 16.7. The number of nitrogens with one attached hydrogen (secondary N) is 1. The standard InChI is InChI=1S/C17H19N5S2/c1-4-9-18-16-19-20-17(24-16)23-11-14-5-7-15(8-6-14)22-13(3)10-12(2)21-22/h4-8,10H,1,9,11H2,2-3H3,(H,18,19). The molecule has 0 saturated heterocycles. The predicted molar refractivity (Wildman–Crippen MR) is 101 cm³/mol. The highest BCUT2D eigenvalue weighted by Crippen LogP contribution is 2.28. The quantitative estimate of drug-likeness (QED) is 0.506. The third-order valence-corrected chi connectivity index (χ3v) is 5.44. The van der Waals surface area contributed by atoms with Crippen LogP contribution in [0.15, 0.2) is 47.3 Å². The van der Waals surface area contributed by atoms with Crippen LogP contribution in [0.4, 0.5) is 5.13 Å². The van der Waals surface area contributed by atoms with Gasteiger partial charge in [-0.3, -0.25) is 0 Å². The summed E-state index contributed by atoms with van der Waals surface area (Å²) in [6, 6.07) is 10.6. The van der Waals surface area contributed by atoms with Gasteiger partial charge in [0.1, 0.15) is 0 Å². The molecule has 2 heterocycles. The van der Waals surface area contributed by atoms with Gasteiger partial charge in [-0.2, -0.15) is 5.10 Å². The van der Waals surface area contributed by atoms with Gasteiger partial charge in [0, 0.05) is 18.0 Å². The lowest BCUT2D eigenvalue weighted by atomic mass is 10.2. The fraction of sp³-hybridized carbons (Fsp3) is 0.235. The molecule has 0 aliphatic rings. The van der Waals surface area contributed by atoms with Gasteiger partial charge in [0.15, 0.2) is 4.34 Å². The van der Waals surface area contributed by atoms with Gasteiger partial charge in [-0.25, -0.2) is 4.68 Å². The summed E-state index contributed by atoms with van der Waals surface area (Å²) in [5, 5.41) is 16.8. The lowest BCUT2D eigenvalue weighted by Crippen LogP contribution is -1.98. The van der Waals surface area contributed by atoms with Gasteiger partial charge >= 0.3 is 0 Å². The van der Waals surface area contributed by atoms with Crippen molar-refractivity contribution >= 4 is 28.2 Å². The molecule has 24 heavy (non-hydrogen) atoms. The Balaban J connectivity index is 1.61. The number of rotatable bonds is 7. The van der Waals surface area contributed by atoms with Crippen molar-refractivity contribution in [3.05, 3.63) is 59.9 Å². The minimum absolute atomic E-state index is 0.701. The Kier molecular flexibility index (Phi) is 5.32. The molecule has 0 saturated carbocycles. The molecule has 3 aromatic rings. The van der Waals surface area contributed by atoms with Crippen LogP contribution in [0, 0.1) is 13.8 Å². The van der Waals surface area contributed by atoms with Gasteiger partial charge in [0.25, 0.3) is 0 Å². The molecule has 0 fully saturated rings. The average Bonchev–Trinajstić information content (AvgIpc) is 3.17. The molecule has 0 bridgehead atoms. The summed E-state index contributed by atoms with van der Waals surface area (Å²) in [6.07, 6.45) is 1.80. The lowest BCUT2D eigenvalue weighted by molar-refractivity contribution is 0.833. The number of anilines is 1. The van der Waals surface area contributed by atoms with Gasteiger partial charge < -0.3 is 5.32 Å². The van der Waals surface area contributed by atoms with Crippen LogP contribution in [0.5, 0.6) is 0 Å². The Morgan fingerprint density at radius 1 is 1.25 bits per heavy atom. The van der Waals surface area contributed by atoms with Crippen molar-refractivity contribution in [2.24, 2.45) is 0 Å². The van der Waals surface area contributed by atoms with E-state index in [0.717, 1.165) is 32.3 Å². The molecule has 0 spiro atoms. The highest BCUT2D eigenvalue weighted by Gasteiger charge is 2.06. The third kappa shape index (κ3) is 4.04. The van der Waals surface area contributed by atoms with Gasteiger partial charge in [0.05, 0.1) is 11.4 Å². The van der Waals surface area contributed by atoms with Crippen molar-refractivity contribution in [2.75, 3.05) is 11.9 Å². The van der Waals surface area contributed by atoms with Crippen molar-refractivity contribution in [2.45, 2.75) is 23.9 Å². The molecule has 0 radical (unpaired) electrons. The highest BCUT2D eigenvalue weighted by molar-refractivity contribution is 8.00. The van der Waals surface area contributed by atoms with Crippen molar-refractivity contribution in [3.63, 3.8) is 0 Å². The molecule has 1 N–H and O–H groups in total. The Morgan fingerprint density at radius 3 is 2.71 bits per heavy atom. The van der Waals surface area contributed by atoms with E-state index in [0.29, 0.717) is 6.54 Å². The molecule has 0 atom stereocenters. The number of aromatic nitrogens is 4. The number of hydrogen-bond acceptors (Lipinski definition) is 6. The number of hydrogen-bond donors (Lipinski definition) is 1. The van der Waals surface area contributed by atoms with Crippen molar-refractivity contribution in [1.29, 1.82) is 0 Å². The van der Waals surface area contributed by atoms with Gasteiger partial charge in [-0.05, 0) is 37.6 Å². The molecular weight excluding hydrogens is 338 g/mol. The maximum absolute atomic E-state index is 4.51. The maximum atomic E-state index is 4.51. The zero-order valence-electron chi connectivity index (χ0n) is 13.7. The summed E-state index contributed by atoms with van der Waals surface area (Å²) in [6.45, 7) is 8.45. The predicted octanol–water partition coefficient (Wildman–Crippen LogP) is 4.23. The Hall–Kier alpha value is -2.12. The molecular formula is C17H19N5S2. The molecule has 1 aromatic carbocycles. The van der Waals surface area contributed by atoms with Crippen LogP contribution in [-0.2, 0) is 5.75 Å². The molecule has 0 aliphatic heterocycles. The number of thioether (sulfide) groups is 1. The first-order valence-corrected chi connectivity index (χ1v) is 9.39. The van der Waals surface area contributed by atoms with Crippen LogP contribution >= 0.6 is 23.1 Å². The summed E-state index contributed by atoms with van der Waals surface area (Å²) in [4.78, 5) is 0. The van der Waals surface area contributed by atoms with E-state index in [9.17, 15) is 0 Å². The number of benzene rings is 1. The van der Waals surface area contributed by atoms with Crippen molar-refractivity contribution in [1.82, 2.24) is 20.0 Å². The van der Waals surface area contributed by atoms with Crippen molar-refractivity contribution in [3.8, 4) is 5.69 Å². The van der Waals surface area contributed by atoms with E-state index in [1.54, 1.807) is 29.2 Å². The monoisotopic (exact) mass is 357 g/mol. The van der Waals surface area contributed by atoms with Gasteiger partial charge in [0.2, 0.25) is 5.13 Å². The molecule has 0 aliphatic carbocycles. The topological polar surface area (TPSA) is 55.6 Å².